The van der Waals surface area contributed by atoms with E-state index in [2.05, 4.69) is 4.84 Å². The van der Waals surface area contributed by atoms with E-state index in [0.29, 0.717) is 25.3 Å². The van der Waals surface area contributed by atoms with E-state index >= 15 is 0 Å². The van der Waals surface area contributed by atoms with Crippen LogP contribution in [0.15, 0.2) is 24.3 Å². The number of carboxylic acid groups (broad SMARTS) is 1. The molecule has 3 atom stereocenters. The lowest BCUT2D eigenvalue weighted by Gasteiger charge is -2.59. The number of carboxylic acids is 1. The molecule has 0 unspecified atom stereocenters. The van der Waals surface area contributed by atoms with Crippen molar-refractivity contribution in [2.45, 2.75) is 64.7 Å². The molecule has 3 saturated carbocycles. The van der Waals surface area contributed by atoms with Crippen LogP contribution < -0.4 is 4.74 Å². The van der Waals surface area contributed by atoms with Gasteiger partial charge in [0.2, 0.25) is 0 Å². The van der Waals surface area contributed by atoms with Gasteiger partial charge in [-0.1, -0.05) is 13.8 Å². The van der Waals surface area contributed by atoms with Gasteiger partial charge >= 0.3 is 17.9 Å². The topological polar surface area (TPSA) is 180 Å². The van der Waals surface area contributed by atoms with Gasteiger partial charge in [-0.25, -0.2) is 9.59 Å². The minimum atomic E-state index is -1.35. The van der Waals surface area contributed by atoms with Crippen LogP contribution in [0.4, 0.5) is 0 Å². The Hall–Kier alpha value is -3.96. The number of ketones is 1. The van der Waals surface area contributed by atoms with Gasteiger partial charge in [-0.15, -0.1) is 10.1 Å². The van der Waals surface area contributed by atoms with Gasteiger partial charge in [0, 0.05) is 36.0 Å². The molecule has 0 aliphatic heterocycles. The maximum Gasteiger partial charge on any atom is 0.336 e. The highest BCUT2D eigenvalue weighted by atomic mass is 16.9. The van der Waals surface area contributed by atoms with Crippen LogP contribution in [0.2, 0.25) is 0 Å². The Bertz CT molecular complexity index is 1200. The second kappa shape index (κ2) is 11.4. The molecule has 0 aromatic heterocycles. The Morgan fingerprint density at radius 2 is 1.85 bits per heavy atom. The lowest BCUT2D eigenvalue weighted by Crippen LogP contribution is -2.56. The lowest BCUT2D eigenvalue weighted by molar-refractivity contribution is -0.757. The van der Waals surface area contributed by atoms with Crippen LogP contribution in [0.3, 0.4) is 0 Å². The Kier molecular flexibility index (Phi) is 8.67. The van der Waals surface area contributed by atoms with Gasteiger partial charge in [0.05, 0.1) is 18.6 Å². The van der Waals surface area contributed by atoms with Gasteiger partial charge in [-0.05, 0) is 62.1 Å². The van der Waals surface area contributed by atoms with Crippen LogP contribution in [-0.4, -0.2) is 52.2 Å². The number of ether oxygens (including phenoxy) is 2. The number of Topliss-reactive ketones (excluding diaryl/α,β-unsaturated/α-hetero) is 1. The highest BCUT2D eigenvalue weighted by Crippen LogP contribution is 2.64. The molecule has 2 bridgehead atoms. The third-order valence-corrected chi connectivity index (χ3v) is 7.90. The van der Waals surface area contributed by atoms with E-state index < -0.39 is 34.3 Å². The Morgan fingerprint density at radius 3 is 2.44 bits per heavy atom. The third-order valence-electron chi connectivity index (χ3n) is 7.90. The molecule has 1 aromatic rings. The Morgan fingerprint density at radius 1 is 1.18 bits per heavy atom. The predicted octanol–water partition coefficient (Wildman–Crippen LogP) is 3.47. The first kappa shape index (κ1) is 29.6. The first-order valence-corrected chi connectivity index (χ1v) is 12.6. The summed E-state index contributed by atoms with van der Waals surface area (Å²) in [6.07, 6.45) is 2.78. The summed E-state index contributed by atoms with van der Waals surface area (Å²) in [7, 11) is 0. The highest BCUT2D eigenvalue weighted by Gasteiger charge is 2.59. The number of unbranched alkanes of at least 4 members (excludes halogenated alkanes) is 1. The van der Waals surface area contributed by atoms with E-state index in [1.807, 2.05) is 13.8 Å². The lowest BCUT2D eigenvalue weighted by atomic mass is 9.44. The number of esters is 2. The van der Waals surface area contributed by atoms with E-state index in [0.717, 1.165) is 6.08 Å². The van der Waals surface area contributed by atoms with Gasteiger partial charge in [0.15, 0.2) is 0 Å². The van der Waals surface area contributed by atoms with Gasteiger partial charge < -0.3 is 24.5 Å². The van der Waals surface area contributed by atoms with Crippen LogP contribution in [0, 0.1) is 27.4 Å². The second-order valence-electron chi connectivity index (χ2n) is 11.0. The van der Waals surface area contributed by atoms with E-state index in [4.69, 9.17) is 14.6 Å². The van der Waals surface area contributed by atoms with Crippen molar-refractivity contribution >= 4 is 23.7 Å². The summed E-state index contributed by atoms with van der Waals surface area (Å²) in [5.41, 5.74) is -1.09. The SMILES string of the molecule is CC(C)(C(=O)OCCCCO[N+](=O)[O-])c1cc(O)c([C@@H]2CC(=O)[C@H]3C[C@@H]2C3(C)C)c(OC(=O)/C=C/C(=O)O)c1. The van der Waals surface area contributed by atoms with Crippen LogP contribution in [-0.2, 0) is 34.2 Å². The van der Waals surface area contributed by atoms with Gasteiger partial charge in [-0.2, -0.15) is 0 Å². The fraction of sp³-hybridized carbons (Fsp3) is 0.556. The van der Waals surface area contributed by atoms with Crippen LogP contribution in [0.1, 0.15) is 70.4 Å². The zero-order valence-electron chi connectivity index (χ0n) is 22.3. The van der Waals surface area contributed by atoms with Crippen molar-refractivity contribution < 1.29 is 48.8 Å². The quantitative estimate of drug-likeness (QED) is 0.0977. The molecule has 3 aliphatic carbocycles. The molecule has 2 N–H and O–H groups in total. The largest absolute Gasteiger partial charge is 0.508 e. The second-order valence-corrected chi connectivity index (χ2v) is 11.0. The molecule has 39 heavy (non-hydrogen) atoms. The molecule has 0 amide bonds. The number of phenols is 1. The molecule has 0 saturated heterocycles. The average Bonchev–Trinajstić information content (AvgIpc) is 2.83. The maximum absolute atomic E-state index is 12.9. The number of benzene rings is 1. The van der Waals surface area contributed by atoms with Gasteiger partial charge in [0.1, 0.15) is 17.3 Å². The molecular formula is C27H33NO11. The van der Waals surface area contributed by atoms with E-state index in [1.54, 1.807) is 13.8 Å². The van der Waals surface area contributed by atoms with Crippen molar-refractivity contribution in [3.63, 3.8) is 0 Å². The molecular weight excluding hydrogens is 514 g/mol. The summed E-state index contributed by atoms with van der Waals surface area (Å²) in [5, 5.41) is 29.3. The number of hydrogen-bond acceptors (Lipinski definition) is 10. The molecule has 3 aliphatic rings. The van der Waals surface area contributed by atoms with Crippen molar-refractivity contribution in [3.05, 3.63) is 45.5 Å². The summed E-state index contributed by atoms with van der Waals surface area (Å²) >= 11 is 0. The Labute approximate surface area is 225 Å². The summed E-state index contributed by atoms with van der Waals surface area (Å²) in [6, 6.07) is 2.81. The number of nitrogens with zero attached hydrogens (tertiary/aromatic N) is 1. The monoisotopic (exact) mass is 547 g/mol. The summed E-state index contributed by atoms with van der Waals surface area (Å²) in [5.74, 6) is -3.72. The number of fused-ring (bicyclic) bond motifs is 2. The fourth-order valence-electron chi connectivity index (χ4n) is 5.51. The molecule has 0 spiro atoms. The first-order valence-electron chi connectivity index (χ1n) is 12.6. The number of aliphatic carboxylic acids is 1. The molecule has 0 heterocycles. The number of aromatic hydroxyl groups is 1. The summed E-state index contributed by atoms with van der Waals surface area (Å²) < 4.78 is 10.8. The minimum absolute atomic E-state index is 0.0165. The highest BCUT2D eigenvalue weighted by molar-refractivity contribution is 5.92. The standard InChI is InChI=1S/C27H33NO11/c1-26(2,25(34)37-9-5-6-10-38-28(35)36)15-11-20(30)24(21(12-15)39-23(33)8-7-22(31)32)16-13-19(29)18-14-17(16)27(18,3)4/h7-8,11-12,16-18,30H,5-6,9-10,13-14H2,1-4H3,(H,31,32)/b8-7+/t16-,17+,18-/m1/s1. The predicted molar refractivity (Wildman–Crippen MR) is 134 cm³/mol. The number of rotatable bonds is 12. The average molecular weight is 548 g/mol. The first-order chi connectivity index (χ1) is 18.2. The third kappa shape index (κ3) is 6.37. The molecule has 0 radical (unpaired) electrons. The van der Waals surface area contributed by atoms with Crippen molar-refractivity contribution in [2.75, 3.05) is 13.2 Å². The molecule has 212 valence electrons. The zero-order valence-corrected chi connectivity index (χ0v) is 22.3. The van der Waals surface area contributed by atoms with Crippen LogP contribution in [0.5, 0.6) is 11.5 Å². The minimum Gasteiger partial charge on any atom is -0.508 e. The summed E-state index contributed by atoms with van der Waals surface area (Å²) in [6.45, 7) is 6.95. The van der Waals surface area contributed by atoms with Crippen molar-refractivity contribution in [2.24, 2.45) is 17.3 Å². The molecule has 12 nitrogen and oxygen atoms in total. The number of carbonyl (C=O) groups is 4. The van der Waals surface area contributed by atoms with Crippen LogP contribution in [0.25, 0.3) is 0 Å². The van der Waals surface area contributed by atoms with E-state index in [1.165, 1.54) is 12.1 Å². The van der Waals surface area contributed by atoms with Gasteiger partial charge in [0.25, 0.3) is 5.09 Å². The molecule has 3 fully saturated rings. The van der Waals surface area contributed by atoms with Crippen molar-refractivity contribution in [3.8, 4) is 11.5 Å². The van der Waals surface area contributed by atoms with Crippen molar-refractivity contribution in [1.29, 1.82) is 0 Å². The van der Waals surface area contributed by atoms with Gasteiger partial charge in [-0.3, -0.25) is 9.59 Å². The number of phenolic OH excluding ortho intramolecular Hbond substituents is 1. The van der Waals surface area contributed by atoms with E-state index in [9.17, 15) is 34.4 Å². The smallest absolute Gasteiger partial charge is 0.336 e. The molecule has 12 heteroatoms. The van der Waals surface area contributed by atoms with Crippen LogP contribution >= 0.6 is 0 Å². The number of hydrogen-bond donors (Lipinski definition) is 2. The summed E-state index contributed by atoms with van der Waals surface area (Å²) in [4.78, 5) is 63.5. The molecule has 1 aromatic carbocycles. The van der Waals surface area contributed by atoms with E-state index in [-0.39, 0.29) is 65.3 Å². The fourth-order valence-corrected chi connectivity index (χ4v) is 5.51. The number of carbonyl (C=O) groups excluding carboxylic acids is 3. The zero-order chi connectivity index (χ0) is 29.1. The maximum atomic E-state index is 12.9. The van der Waals surface area contributed by atoms with Crippen molar-refractivity contribution in [1.82, 2.24) is 0 Å². The Balaban J connectivity index is 1.89. The normalized spacial score (nSPS) is 21.6. The molecule has 4 rings (SSSR count).